The number of guanidine groups is 1. The number of amides is 1. The first-order chi connectivity index (χ1) is 11.6. The number of hydrogen-bond donors (Lipinski definition) is 2. The van der Waals surface area contributed by atoms with Crippen molar-refractivity contribution in [3.8, 4) is 0 Å². The fourth-order valence-electron chi connectivity index (χ4n) is 3.18. The van der Waals surface area contributed by atoms with E-state index in [9.17, 15) is 4.79 Å². The molecule has 1 saturated heterocycles. The van der Waals surface area contributed by atoms with E-state index in [1.165, 1.54) is 6.42 Å². The van der Waals surface area contributed by atoms with Crippen molar-refractivity contribution in [3.05, 3.63) is 0 Å². The summed E-state index contributed by atoms with van der Waals surface area (Å²) in [6.45, 7) is 13.5. The van der Waals surface area contributed by atoms with Crippen molar-refractivity contribution in [2.45, 2.75) is 46.5 Å². The summed E-state index contributed by atoms with van der Waals surface area (Å²) in [6, 6.07) is 0. The van der Waals surface area contributed by atoms with Gasteiger partial charge in [-0.2, -0.15) is 0 Å². The summed E-state index contributed by atoms with van der Waals surface area (Å²) in [6.07, 6.45) is 3.97. The molecule has 0 unspecified atom stereocenters. The average Bonchev–Trinajstić information content (AvgIpc) is 2.60. The zero-order chi connectivity index (χ0) is 17.8. The van der Waals surface area contributed by atoms with Gasteiger partial charge in [0.25, 0.3) is 0 Å². The summed E-state index contributed by atoms with van der Waals surface area (Å²) in [7, 11) is 1.71. The molecule has 1 aliphatic heterocycles. The minimum atomic E-state index is 0.157. The molecule has 24 heavy (non-hydrogen) atoms. The Morgan fingerprint density at radius 2 is 1.92 bits per heavy atom. The number of rotatable bonds is 9. The molecule has 0 bridgehead atoms. The Bertz CT molecular complexity index is 378. The highest BCUT2D eigenvalue weighted by molar-refractivity contribution is 5.80. The molecule has 6 heteroatoms. The fourth-order valence-corrected chi connectivity index (χ4v) is 3.18. The van der Waals surface area contributed by atoms with Gasteiger partial charge in [0.05, 0.1) is 6.54 Å². The number of likely N-dealkylation sites (N-methyl/N-ethyl adjacent to an activating group) is 1. The second-order valence-corrected chi connectivity index (χ2v) is 6.48. The van der Waals surface area contributed by atoms with E-state index in [4.69, 9.17) is 4.99 Å². The lowest BCUT2D eigenvalue weighted by Gasteiger charge is -2.34. The maximum absolute atomic E-state index is 11.5. The summed E-state index contributed by atoms with van der Waals surface area (Å²) in [4.78, 5) is 21.1. The fraction of sp³-hybridized carbons (Fsp3) is 0.889. The Morgan fingerprint density at radius 3 is 2.46 bits per heavy atom. The van der Waals surface area contributed by atoms with Crippen LogP contribution in [0, 0.1) is 5.92 Å². The quantitative estimate of drug-likeness (QED) is 0.494. The molecule has 140 valence electrons. The smallest absolute Gasteiger partial charge is 0.220 e. The molecule has 0 saturated carbocycles. The highest BCUT2D eigenvalue weighted by Gasteiger charge is 2.23. The average molecular weight is 340 g/mol. The molecular weight excluding hydrogens is 302 g/mol. The van der Waals surface area contributed by atoms with E-state index in [0.29, 0.717) is 12.3 Å². The van der Waals surface area contributed by atoms with Gasteiger partial charge < -0.3 is 20.4 Å². The van der Waals surface area contributed by atoms with Crippen LogP contribution in [0.5, 0.6) is 0 Å². The Hall–Kier alpha value is -1.30. The zero-order valence-corrected chi connectivity index (χ0v) is 16.1. The van der Waals surface area contributed by atoms with Gasteiger partial charge in [-0.05, 0) is 45.2 Å². The topological polar surface area (TPSA) is 60.0 Å². The van der Waals surface area contributed by atoms with Crippen LogP contribution in [0.2, 0.25) is 0 Å². The number of likely N-dealkylation sites (tertiary alicyclic amines) is 1. The Balaban J connectivity index is 2.47. The monoisotopic (exact) mass is 339 g/mol. The first-order valence-corrected chi connectivity index (χ1v) is 9.60. The minimum Gasteiger partial charge on any atom is -0.359 e. The predicted octanol–water partition coefficient (Wildman–Crippen LogP) is 1.53. The first kappa shape index (κ1) is 20.7. The van der Waals surface area contributed by atoms with Crippen LogP contribution in [0.25, 0.3) is 0 Å². The number of hydrogen-bond acceptors (Lipinski definition) is 3. The number of nitrogens with zero attached hydrogens (tertiary/aromatic N) is 3. The molecule has 2 N–H and O–H groups in total. The number of nitrogens with one attached hydrogen (secondary N) is 2. The van der Waals surface area contributed by atoms with E-state index in [1.54, 1.807) is 7.05 Å². The highest BCUT2D eigenvalue weighted by Crippen LogP contribution is 2.20. The van der Waals surface area contributed by atoms with Crippen molar-refractivity contribution >= 4 is 11.9 Å². The van der Waals surface area contributed by atoms with Gasteiger partial charge in [-0.1, -0.05) is 13.8 Å². The van der Waals surface area contributed by atoms with Gasteiger partial charge in [-0.25, -0.2) is 0 Å². The van der Waals surface area contributed by atoms with Crippen molar-refractivity contribution in [2.24, 2.45) is 10.9 Å². The Kier molecular flexibility index (Phi) is 10.5. The zero-order valence-electron chi connectivity index (χ0n) is 16.1. The van der Waals surface area contributed by atoms with Crippen molar-refractivity contribution in [1.82, 2.24) is 20.4 Å². The SMILES string of the molecule is CCCN(CC)CCN=C(NCC)N1CCC(CC(=O)NC)CC1. The van der Waals surface area contributed by atoms with Gasteiger partial charge in [0.15, 0.2) is 5.96 Å². The number of aliphatic imine (C=N–C) groups is 1. The predicted molar refractivity (Wildman–Crippen MR) is 101 cm³/mol. The summed E-state index contributed by atoms with van der Waals surface area (Å²) in [5.74, 6) is 1.69. The molecule has 0 atom stereocenters. The van der Waals surface area contributed by atoms with E-state index in [-0.39, 0.29) is 5.91 Å². The number of carbonyl (C=O) groups excluding carboxylic acids is 1. The number of carbonyl (C=O) groups is 1. The molecular formula is C18H37N5O. The molecule has 6 nitrogen and oxygen atoms in total. The first-order valence-electron chi connectivity index (χ1n) is 9.60. The summed E-state index contributed by atoms with van der Waals surface area (Å²) in [5.41, 5.74) is 0. The second-order valence-electron chi connectivity index (χ2n) is 6.48. The molecule has 0 aromatic heterocycles. The van der Waals surface area contributed by atoms with Gasteiger partial charge in [0, 0.05) is 39.6 Å². The lowest BCUT2D eigenvalue weighted by Crippen LogP contribution is -2.46. The maximum Gasteiger partial charge on any atom is 0.220 e. The van der Waals surface area contributed by atoms with Crippen LogP contribution in [0.15, 0.2) is 4.99 Å². The van der Waals surface area contributed by atoms with Crippen LogP contribution in [-0.2, 0) is 4.79 Å². The number of piperidine rings is 1. The molecule has 0 aromatic carbocycles. The minimum absolute atomic E-state index is 0.157. The highest BCUT2D eigenvalue weighted by atomic mass is 16.1. The third-order valence-corrected chi connectivity index (χ3v) is 4.67. The van der Waals surface area contributed by atoms with Crippen LogP contribution < -0.4 is 10.6 Å². The van der Waals surface area contributed by atoms with Crippen molar-refractivity contribution in [2.75, 3.05) is 52.9 Å². The Labute approximate surface area is 148 Å². The van der Waals surface area contributed by atoms with Crippen molar-refractivity contribution in [3.63, 3.8) is 0 Å². The summed E-state index contributed by atoms with van der Waals surface area (Å²) >= 11 is 0. The molecule has 1 rings (SSSR count). The molecule has 0 aromatic rings. The van der Waals surface area contributed by atoms with Crippen molar-refractivity contribution in [1.29, 1.82) is 0 Å². The lowest BCUT2D eigenvalue weighted by atomic mass is 9.93. The third kappa shape index (κ3) is 7.51. The standard InChI is InChI=1S/C18H37N5O/c1-5-11-22(7-3)14-10-21-18(20-6-2)23-12-8-16(9-13-23)15-17(24)19-4/h16H,5-15H2,1-4H3,(H,19,24)(H,20,21). The van der Waals surface area contributed by atoms with Crippen molar-refractivity contribution < 1.29 is 4.79 Å². The lowest BCUT2D eigenvalue weighted by molar-refractivity contribution is -0.121. The van der Waals surface area contributed by atoms with Crippen LogP contribution in [0.3, 0.4) is 0 Å². The van der Waals surface area contributed by atoms with Crippen LogP contribution in [-0.4, -0.2) is 74.5 Å². The van der Waals surface area contributed by atoms with Gasteiger partial charge in [-0.15, -0.1) is 0 Å². The van der Waals surface area contributed by atoms with E-state index in [1.807, 2.05) is 0 Å². The molecule has 0 aliphatic carbocycles. The van der Waals surface area contributed by atoms with E-state index in [0.717, 1.165) is 64.6 Å². The molecule has 0 radical (unpaired) electrons. The van der Waals surface area contributed by atoms with Gasteiger partial charge in [0.1, 0.15) is 0 Å². The molecule has 1 amide bonds. The summed E-state index contributed by atoms with van der Waals surface area (Å²) in [5, 5.41) is 6.15. The normalized spacial score (nSPS) is 16.5. The van der Waals surface area contributed by atoms with Crippen LogP contribution >= 0.6 is 0 Å². The third-order valence-electron chi connectivity index (χ3n) is 4.67. The van der Waals surface area contributed by atoms with E-state index < -0.39 is 0 Å². The maximum atomic E-state index is 11.5. The molecule has 1 fully saturated rings. The molecule has 1 aliphatic rings. The second kappa shape index (κ2) is 12.1. The van der Waals surface area contributed by atoms with Crippen LogP contribution in [0.4, 0.5) is 0 Å². The largest absolute Gasteiger partial charge is 0.359 e. The molecule has 1 heterocycles. The van der Waals surface area contributed by atoms with Crippen LogP contribution in [0.1, 0.15) is 46.5 Å². The van der Waals surface area contributed by atoms with E-state index >= 15 is 0 Å². The van der Waals surface area contributed by atoms with Gasteiger partial charge >= 0.3 is 0 Å². The van der Waals surface area contributed by atoms with Gasteiger partial charge in [0.2, 0.25) is 5.91 Å². The van der Waals surface area contributed by atoms with E-state index in [2.05, 4.69) is 41.2 Å². The summed E-state index contributed by atoms with van der Waals surface area (Å²) < 4.78 is 0. The van der Waals surface area contributed by atoms with Gasteiger partial charge in [-0.3, -0.25) is 9.79 Å². The Morgan fingerprint density at radius 1 is 1.21 bits per heavy atom. The molecule has 0 spiro atoms.